The van der Waals surface area contributed by atoms with Gasteiger partial charge in [-0.05, 0) is 48.5 Å². The molecule has 2 aromatic carbocycles. The summed E-state index contributed by atoms with van der Waals surface area (Å²) in [5.74, 6) is 0. The van der Waals surface area contributed by atoms with Gasteiger partial charge in [0.25, 0.3) is 0 Å². The second kappa shape index (κ2) is 5.51. The molecule has 0 aliphatic carbocycles. The number of nitrogens with zero attached hydrogens (tertiary/aromatic N) is 1. The molecule has 0 radical (unpaired) electrons. The summed E-state index contributed by atoms with van der Waals surface area (Å²) in [7, 11) is 0. The van der Waals surface area contributed by atoms with Gasteiger partial charge in [-0.3, -0.25) is 0 Å². The molecule has 2 heteroatoms. The topological polar surface area (TPSA) is 30.9 Å². The van der Waals surface area contributed by atoms with E-state index in [2.05, 4.69) is 66.2 Å². The SMILES string of the molecule is Cc1ccc(Cn2ccc3ccc(CCN)cc32)cc1. The molecule has 0 amide bonds. The number of hydrogen-bond donors (Lipinski definition) is 1. The standard InChI is InChI=1S/C18H20N2/c1-14-2-4-16(5-3-14)13-20-11-9-17-7-6-15(8-10-19)12-18(17)20/h2-7,9,11-12H,8,10,13,19H2,1H3. The fourth-order valence-corrected chi connectivity index (χ4v) is 2.58. The van der Waals surface area contributed by atoms with Gasteiger partial charge >= 0.3 is 0 Å². The number of nitrogens with two attached hydrogens (primary N) is 1. The molecule has 1 aromatic heterocycles. The van der Waals surface area contributed by atoms with Gasteiger partial charge in [-0.1, -0.05) is 42.0 Å². The smallest absolute Gasteiger partial charge is 0.0486 e. The first-order chi connectivity index (χ1) is 9.76. The van der Waals surface area contributed by atoms with Crippen LogP contribution in [0.25, 0.3) is 10.9 Å². The van der Waals surface area contributed by atoms with Gasteiger partial charge in [-0.15, -0.1) is 0 Å². The first-order valence-corrected chi connectivity index (χ1v) is 7.09. The Hall–Kier alpha value is -2.06. The zero-order valence-electron chi connectivity index (χ0n) is 11.8. The predicted molar refractivity (Wildman–Crippen MR) is 85.0 cm³/mol. The Bertz CT molecular complexity index is 708. The highest BCUT2D eigenvalue weighted by molar-refractivity contribution is 5.81. The van der Waals surface area contributed by atoms with E-state index in [1.54, 1.807) is 0 Å². The van der Waals surface area contributed by atoms with Crippen LogP contribution in [-0.2, 0) is 13.0 Å². The molecule has 3 aromatic rings. The Balaban J connectivity index is 1.94. The third kappa shape index (κ3) is 2.61. The predicted octanol–water partition coefficient (Wildman–Crippen LogP) is 3.50. The van der Waals surface area contributed by atoms with Crippen LogP contribution in [0.3, 0.4) is 0 Å². The van der Waals surface area contributed by atoms with Crippen LogP contribution in [0.4, 0.5) is 0 Å². The normalized spacial score (nSPS) is 11.1. The van der Waals surface area contributed by atoms with Gasteiger partial charge in [0.1, 0.15) is 0 Å². The van der Waals surface area contributed by atoms with Gasteiger partial charge in [0.2, 0.25) is 0 Å². The number of aryl methyl sites for hydroxylation is 1. The van der Waals surface area contributed by atoms with Gasteiger partial charge in [0.05, 0.1) is 0 Å². The molecule has 0 aliphatic rings. The second-order valence-corrected chi connectivity index (χ2v) is 5.36. The highest BCUT2D eigenvalue weighted by atomic mass is 14.9. The average molecular weight is 264 g/mol. The minimum Gasteiger partial charge on any atom is -0.343 e. The lowest BCUT2D eigenvalue weighted by Crippen LogP contribution is -2.03. The molecule has 0 aliphatic heterocycles. The third-order valence-corrected chi connectivity index (χ3v) is 3.74. The van der Waals surface area contributed by atoms with Crippen LogP contribution in [0.2, 0.25) is 0 Å². The molecule has 0 saturated heterocycles. The maximum atomic E-state index is 5.65. The van der Waals surface area contributed by atoms with Crippen LogP contribution in [0.1, 0.15) is 16.7 Å². The van der Waals surface area contributed by atoms with Crippen molar-refractivity contribution >= 4 is 10.9 Å². The minimum absolute atomic E-state index is 0.699. The molecule has 2 nitrogen and oxygen atoms in total. The van der Waals surface area contributed by atoms with Crippen molar-refractivity contribution in [3.8, 4) is 0 Å². The Morgan fingerprint density at radius 1 is 0.950 bits per heavy atom. The second-order valence-electron chi connectivity index (χ2n) is 5.36. The first-order valence-electron chi connectivity index (χ1n) is 7.09. The molecule has 1 heterocycles. The lowest BCUT2D eigenvalue weighted by atomic mass is 10.1. The van der Waals surface area contributed by atoms with Crippen molar-refractivity contribution < 1.29 is 0 Å². The summed E-state index contributed by atoms with van der Waals surface area (Å²) in [6.45, 7) is 3.73. The minimum atomic E-state index is 0.699. The molecule has 3 rings (SSSR count). The largest absolute Gasteiger partial charge is 0.343 e. The molecule has 0 saturated carbocycles. The number of hydrogen-bond acceptors (Lipinski definition) is 1. The van der Waals surface area contributed by atoms with Gasteiger partial charge < -0.3 is 10.3 Å². The van der Waals surface area contributed by atoms with Crippen molar-refractivity contribution in [2.75, 3.05) is 6.54 Å². The van der Waals surface area contributed by atoms with E-state index in [-0.39, 0.29) is 0 Å². The van der Waals surface area contributed by atoms with Crippen LogP contribution in [-0.4, -0.2) is 11.1 Å². The van der Waals surface area contributed by atoms with Crippen molar-refractivity contribution in [3.05, 3.63) is 71.4 Å². The molecule has 0 atom stereocenters. The monoisotopic (exact) mass is 264 g/mol. The molecular weight excluding hydrogens is 244 g/mol. The maximum absolute atomic E-state index is 5.65. The molecular formula is C18H20N2. The van der Waals surface area contributed by atoms with E-state index in [1.165, 1.54) is 27.6 Å². The number of aromatic nitrogens is 1. The molecule has 2 N–H and O–H groups in total. The molecule has 0 fully saturated rings. The Kier molecular flexibility index (Phi) is 3.57. The molecule has 20 heavy (non-hydrogen) atoms. The average Bonchev–Trinajstić information content (AvgIpc) is 2.85. The summed E-state index contributed by atoms with van der Waals surface area (Å²) in [6.07, 6.45) is 3.10. The van der Waals surface area contributed by atoms with Crippen molar-refractivity contribution in [1.82, 2.24) is 4.57 Å². The zero-order chi connectivity index (χ0) is 13.9. The van der Waals surface area contributed by atoms with Gasteiger partial charge in [0, 0.05) is 18.3 Å². The van der Waals surface area contributed by atoms with E-state index in [0.717, 1.165) is 13.0 Å². The highest BCUT2D eigenvalue weighted by Crippen LogP contribution is 2.19. The fraction of sp³-hybridized carbons (Fsp3) is 0.222. The van der Waals surface area contributed by atoms with E-state index in [9.17, 15) is 0 Å². The zero-order valence-corrected chi connectivity index (χ0v) is 11.8. The molecule has 0 unspecified atom stereocenters. The quantitative estimate of drug-likeness (QED) is 0.768. The molecule has 0 bridgehead atoms. The van der Waals surface area contributed by atoms with E-state index in [1.807, 2.05) is 0 Å². The molecule has 102 valence electrons. The molecule has 0 spiro atoms. The lowest BCUT2D eigenvalue weighted by molar-refractivity contribution is 0.835. The highest BCUT2D eigenvalue weighted by Gasteiger charge is 2.03. The van der Waals surface area contributed by atoms with Crippen LogP contribution in [0.5, 0.6) is 0 Å². The van der Waals surface area contributed by atoms with Crippen molar-refractivity contribution in [2.24, 2.45) is 5.73 Å². The van der Waals surface area contributed by atoms with Crippen LogP contribution in [0, 0.1) is 6.92 Å². The van der Waals surface area contributed by atoms with Crippen LogP contribution >= 0.6 is 0 Å². The summed E-state index contributed by atoms with van der Waals surface area (Å²) in [6, 6.07) is 17.5. The number of fused-ring (bicyclic) bond motifs is 1. The Morgan fingerprint density at radius 2 is 1.70 bits per heavy atom. The van der Waals surface area contributed by atoms with Crippen LogP contribution in [0.15, 0.2) is 54.7 Å². The number of benzene rings is 2. The van der Waals surface area contributed by atoms with Gasteiger partial charge in [-0.2, -0.15) is 0 Å². The van der Waals surface area contributed by atoms with Gasteiger partial charge in [0.15, 0.2) is 0 Å². The van der Waals surface area contributed by atoms with Crippen molar-refractivity contribution in [3.63, 3.8) is 0 Å². The summed E-state index contributed by atoms with van der Waals surface area (Å²) >= 11 is 0. The summed E-state index contributed by atoms with van der Waals surface area (Å²) < 4.78 is 2.31. The summed E-state index contributed by atoms with van der Waals surface area (Å²) in [4.78, 5) is 0. The van der Waals surface area contributed by atoms with E-state index < -0.39 is 0 Å². The lowest BCUT2D eigenvalue weighted by Gasteiger charge is -2.07. The third-order valence-electron chi connectivity index (χ3n) is 3.74. The Labute approximate surface area is 119 Å². The number of rotatable bonds is 4. The van der Waals surface area contributed by atoms with Gasteiger partial charge in [-0.25, -0.2) is 0 Å². The fourth-order valence-electron chi connectivity index (χ4n) is 2.58. The summed E-state index contributed by atoms with van der Waals surface area (Å²) in [5, 5.41) is 1.29. The maximum Gasteiger partial charge on any atom is 0.0486 e. The summed E-state index contributed by atoms with van der Waals surface area (Å²) in [5.41, 5.74) is 10.9. The Morgan fingerprint density at radius 3 is 2.45 bits per heavy atom. The van der Waals surface area contributed by atoms with E-state index in [4.69, 9.17) is 5.73 Å². The van der Waals surface area contributed by atoms with Crippen molar-refractivity contribution in [1.29, 1.82) is 0 Å². The van der Waals surface area contributed by atoms with E-state index >= 15 is 0 Å². The first kappa shape index (κ1) is 12.9. The van der Waals surface area contributed by atoms with Crippen LogP contribution < -0.4 is 5.73 Å². The van der Waals surface area contributed by atoms with E-state index in [0.29, 0.717) is 6.54 Å². The van der Waals surface area contributed by atoms with Crippen molar-refractivity contribution in [2.45, 2.75) is 19.9 Å².